The zero-order valence-electron chi connectivity index (χ0n) is 7.67. The summed E-state index contributed by atoms with van der Waals surface area (Å²) in [4.78, 5) is 14.3. The standard InChI is InChI=1S/C9H11NO4/c1-14-8-6(3-2-4-10-8)5-7(11)9(12)13/h2-4,7,11H,5H2,1H3,(H,12,13). The second kappa shape index (κ2) is 4.57. The Hall–Kier alpha value is -1.62. The van der Waals surface area contributed by atoms with Gasteiger partial charge in [-0.25, -0.2) is 9.78 Å². The number of aliphatic hydroxyl groups is 1. The highest BCUT2D eigenvalue weighted by atomic mass is 16.5. The summed E-state index contributed by atoms with van der Waals surface area (Å²) in [6.07, 6.45) is 0.107. The molecular formula is C9H11NO4. The first-order chi connectivity index (χ1) is 6.65. The van der Waals surface area contributed by atoms with Gasteiger partial charge >= 0.3 is 5.97 Å². The maximum Gasteiger partial charge on any atom is 0.332 e. The summed E-state index contributed by atoms with van der Waals surface area (Å²) >= 11 is 0. The topological polar surface area (TPSA) is 79.7 Å². The smallest absolute Gasteiger partial charge is 0.332 e. The largest absolute Gasteiger partial charge is 0.481 e. The van der Waals surface area contributed by atoms with Crippen LogP contribution in [-0.4, -0.2) is 34.4 Å². The minimum absolute atomic E-state index is 0.00759. The second-order valence-corrected chi connectivity index (χ2v) is 2.73. The van der Waals surface area contributed by atoms with Crippen LogP contribution in [0.4, 0.5) is 0 Å². The minimum atomic E-state index is -1.42. The molecular weight excluding hydrogens is 186 g/mol. The number of aliphatic carboxylic acids is 1. The first-order valence-corrected chi connectivity index (χ1v) is 4.04. The van der Waals surface area contributed by atoms with E-state index in [4.69, 9.17) is 14.9 Å². The molecule has 1 rings (SSSR count). The average Bonchev–Trinajstić information content (AvgIpc) is 2.18. The number of aliphatic hydroxyl groups excluding tert-OH is 1. The van der Waals surface area contributed by atoms with Crippen molar-refractivity contribution >= 4 is 5.97 Å². The second-order valence-electron chi connectivity index (χ2n) is 2.73. The van der Waals surface area contributed by atoms with Crippen molar-refractivity contribution in [1.29, 1.82) is 0 Å². The maximum absolute atomic E-state index is 10.4. The van der Waals surface area contributed by atoms with Crippen LogP contribution < -0.4 is 4.74 Å². The summed E-state index contributed by atoms with van der Waals surface area (Å²) in [7, 11) is 1.44. The van der Waals surface area contributed by atoms with Crippen molar-refractivity contribution in [2.24, 2.45) is 0 Å². The van der Waals surface area contributed by atoms with Crippen molar-refractivity contribution < 1.29 is 19.7 Å². The van der Waals surface area contributed by atoms with Crippen LogP contribution in [0.5, 0.6) is 5.88 Å². The summed E-state index contributed by atoms with van der Waals surface area (Å²) in [5, 5.41) is 17.6. The molecule has 0 aromatic carbocycles. The Kier molecular flexibility index (Phi) is 3.41. The van der Waals surface area contributed by atoms with Crippen molar-refractivity contribution in [3.63, 3.8) is 0 Å². The van der Waals surface area contributed by atoms with Gasteiger partial charge in [-0.3, -0.25) is 0 Å². The molecule has 0 bridgehead atoms. The van der Waals surface area contributed by atoms with E-state index in [0.29, 0.717) is 11.4 Å². The molecule has 5 nitrogen and oxygen atoms in total. The Balaban J connectivity index is 2.80. The van der Waals surface area contributed by atoms with Crippen LogP contribution in [-0.2, 0) is 11.2 Å². The lowest BCUT2D eigenvalue weighted by Crippen LogP contribution is -2.22. The number of carboxylic acid groups (broad SMARTS) is 1. The fraction of sp³-hybridized carbons (Fsp3) is 0.333. The number of carbonyl (C=O) groups is 1. The van der Waals surface area contributed by atoms with Gasteiger partial charge in [-0.15, -0.1) is 0 Å². The number of pyridine rings is 1. The predicted molar refractivity (Wildman–Crippen MR) is 48.1 cm³/mol. The van der Waals surface area contributed by atoms with Crippen LogP contribution >= 0.6 is 0 Å². The van der Waals surface area contributed by atoms with Crippen molar-refractivity contribution in [2.45, 2.75) is 12.5 Å². The van der Waals surface area contributed by atoms with Crippen LogP contribution in [0.15, 0.2) is 18.3 Å². The van der Waals surface area contributed by atoms with Crippen LogP contribution in [0.1, 0.15) is 5.56 Å². The molecule has 1 aromatic rings. The highest BCUT2D eigenvalue weighted by Crippen LogP contribution is 2.15. The van der Waals surface area contributed by atoms with E-state index in [0.717, 1.165) is 0 Å². The average molecular weight is 197 g/mol. The first-order valence-electron chi connectivity index (χ1n) is 4.04. The first kappa shape index (κ1) is 10.5. The molecule has 1 unspecified atom stereocenters. The molecule has 0 aliphatic rings. The van der Waals surface area contributed by atoms with E-state index in [1.54, 1.807) is 12.1 Å². The third kappa shape index (κ3) is 2.43. The van der Waals surface area contributed by atoms with E-state index >= 15 is 0 Å². The molecule has 0 aliphatic carbocycles. The van der Waals surface area contributed by atoms with Crippen LogP contribution in [0.3, 0.4) is 0 Å². The van der Waals surface area contributed by atoms with Gasteiger partial charge in [0.05, 0.1) is 7.11 Å². The van der Waals surface area contributed by atoms with Gasteiger partial charge < -0.3 is 14.9 Å². The lowest BCUT2D eigenvalue weighted by molar-refractivity contribution is -0.146. The molecule has 0 fully saturated rings. The van der Waals surface area contributed by atoms with Gasteiger partial charge in [0, 0.05) is 18.2 Å². The quantitative estimate of drug-likeness (QED) is 0.714. The number of methoxy groups -OCH3 is 1. The van der Waals surface area contributed by atoms with Gasteiger partial charge in [-0.2, -0.15) is 0 Å². The van der Waals surface area contributed by atoms with Gasteiger partial charge in [0.2, 0.25) is 5.88 Å². The van der Waals surface area contributed by atoms with Gasteiger partial charge in [0.15, 0.2) is 6.10 Å². The molecule has 5 heteroatoms. The molecule has 2 N–H and O–H groups in total. The molecule has 1 aromatic heterocycles. The zero-order chi connectivity index (χ0) is 10.6. The Labute approximate surface area is 81.0 Å². The van der Waals surface area contributed by atoms with E-state index < -0.39 is 12.1 Å². The lowest BCUT2D eigenvalue weighted by atomic mass is 10.1. The molecule has 0 spiro atoms. The van der Waals surface area contributed by atoms with Crippen molar-refractivity contribution in [2.75, 3.05) is 7.11 Å². The number of hydrogen-bond donors (Lipinski definition) is 2. The van der Waals surface area contributed by atoms with Crippen LogP contribution in [0, 0.1) is 0 Å². The molecule has 0 aliphatic heterocycles. The number of hydrogen-bond acceptors (Lipinski definition) is 4. The van der Waals surface area contributed by atoms with Crippen molar-refractivity contribution in [3.8, 4) is 5.88 Å². The molecule has 1 atom stereocenters. The normalized spacial score (nSPS) is 12.1. The minimum Gasteiger partial charge on any atom is -0.481 e. The number of aromatic nitrogens is 1. The molecule has 1 heterocycles. The third-order valence-corrected chi connectivity index (χ3v) is 1.74. The van der Waals surface area contributed by atoms with Gasteiger partial charge in [-0.05, 0) is 6.07 Å². The lowest BCUT2D eigenvalue weighted by Gasteiger charge is -2.08. The zero-order valence-corrected chi connectivity index (χ0v) is 7.67. The van der Waals surface area contributed by atoms with E-state index in [9.17, 15) is 4.79 Å². The fourth-order valence-electron chi connectivity index (χ4n) is 1.06. The Morgan fingerprint density at radius 2 is 2.43 bits per heavy atom. The van der Waals surface area contributed by atoms with Crippen LogP contribution in [0.25, 0.3) is 0 Å². The van der Waals surface area contributed by atoms with E-state index in [1.807, 2.05) is 0 Å². The SMILES string of the molecule is COc1ncccc1CC(O)C(=O)O. The Morgan fingerprint density at radius 3 is 3.00 bits per heavy atom. The van der Waals surface area contributed by atoms with Crippen LogP contribution in [0.2, 0.25) is 0 Å². The maximum atomic E-state index is 10.4. The number of ether oxygens (including phenoxy) is 1. The summed E-state index contributed by atoms with van der Waals surface area (Å²) in [6.45, 7) is 0. The van der Waals surface area contributed by atoms with Crippen molar-refractivity contribution in [1.82, 2.24) is 4.98 Å². The number of rotatable bonds is 4. The molecule has 0 radical (unpaired) electrons. The van der Waals surface area contributed by atoms with Gasteiger partial charge in [0.25, 0.3) is 0 Å². The van der Waals surface area contributed by atoms with E-state index in [1.165, 1.54) is 13.3 Å². The highest BCUT2D eigenvalue weighted by Gasteiger charge is 2.16. The predicted octanol–water partition coefficient (Wildman–Crippen LogP) is 0.0782. The molecule has 0 amide bonds. The molecule has 0 saturated heterocycles. The van der Waals surface area contributed by atoms with Gasteiger partial charge in [-0.1, -0.05) is 6.07 Å². The monoisotopic (exact) mass is 197 g/mol. The summed E-state index contributed by atoms with van der Waals surface area (Å²) < 4.78 is 4.91. The molecule has 0 saturated carbocycles. The number of carboxylic acids is 1. The van der Waals surface area contributed by atoms with E-state index in [2.05, 4.69) is 4.98 Å². The van der Waals surface area contributed by atoms with E-state index in [-0.39, 0.29) is 6.42 Å². The Morgan fingerprint density at radius 1 is 1.71 bits per heavy atom. The molecule has 76 valence electrons. The number of nitrogens with zero attached hydrogens (tertiary/aromatic N) is 1. The highest BCUT2D eigenvalue weighted by molar-refractivity contribution is 5.72. The molecule has 14 heavy (non-hydrogen) atoms. The third-order valence-electron chi connectivity index (χ3n) is 1.74. The van der Waals surface area contributed by atoms with Crippen molar-refractivity contribution in [3.05, 3.63) is 23.9 Å². The van der Waals surface area contributed by atoms with Gasteiger partial charge in [0.1, 0.15) is 0 Å². The fourth-order valence-corrected chi connectivity index (χ4v) is 1.06. The summed E-state index contributed by atoms with van der Waals surface area (Å²) in [5.41, 5.74) is 0.574. The summed E-state index contributed by atoms with van der Waals surface area (Å²) in [6, 6.07) is 3.32. The summed E-state index contributed by atoms with van der Waals surface area (Å²) in [5.74, 6) is -0.913. The Bertz CT molecular complexity index is 326.